The third-order valence-corrected chi connectivity index (χ3v) is 4.27. The molecule has 1 aromatic rings. The summed E-state index contributed by atoms with van der Waals surface area (Å²) < 4.78 is 26.0. The van der Waals surface area contributed by atoms with Crippen molar-refractivity contribution < 1.29 is 8.78 Å². The zero-order chi connectivity index (χ0) is 11.5. The molecule has 1 heterocycles. The minimum atomic E-state index is -0.522. The summed E-state index contributed by atoms with van der Waals surface area (Å²) >= 11 is 1.93. The van der Waals surface area contributed by atoms with Crippen molar-refractivity contribution in [3.8, 4) is 0 Å². The number of nitrogens with one attached hydrogen (secondary N) is 1. The van der Waals surface area contributed by atoms with Gasteiger partial charge in [0.2, 0.25) is 0 Å². The summed E-state index contributed by atoms with van der Waals surface area (Å²) in [6.07, 6.45) is 1.12. The predicted octanol–water partition coefficient (Wildman–Crippen LogP) is 2.95. The number of halogens is 2. The lowest BCUT2D eigenvalue weighted by Gasteiger charge is -2.16. The molecule has 0 aromatic heterocycles. The second-order valence-corrected chi connectivity index (χ2v) is 5.57. The zero-order valence-corrected chi connectivity index (χ0v) is 9.99. The molecule has 1 aliphatic rings. The molecule has 1 saturated heterocycles. The maximum atomic E-state index is 13.3. The molecule has 4 heteroatoms. The number of hydrogen-bond acceptors (Lipinski definition) is 2. The van der Waals surface area contributed by atoms with Gasteiger partial charge in [-0.2, -0.15) is 11.8 Å². The Hall–Kier alpha value is -0.610. The SMILES string of the molecule is CC1SCCC1NCc1ccc(F)cc1F. The number of benzene rings is 1. The molecular weight excluding hydrogens is 228 g/mol. The second kappa shape index (κ2) is 5.15. The molecule has 0 radical (unpaired) electrons. The van der Waals surface area contributed by atoms with Gasteiger partial charge in [-0.25, -0.2) is 8.78 Å². The molecule has 0 aliphatic carbocycles. The molecule has 1 N–H and O–H groups in total. The Morgan fingerprint density at radius 1 is 1.44 bits per heavy atom. The fraction of sp³-hybridized carbons (Fsp3) is 0.500. The van der Waals surface area contributed by atoms with Gasteiger partial charge >= 0.3 is 0 Å². The van der Waals surface area contributed by atoms with E-state index in [1.54, 1.807) is 0 Å². The summed E-state index contributed by atoms with van der Waals surface area (Å²) in [6.45, 7) is 2.65. The first kappa shape index (κ1) is 11.9. The Balaban J connectivity index is 1.94. The molecule has 16 heavy (non-hydrogen) atoms. The van der Waals surface area contributed by atoms with E-state index in [0.29, 0.717) is 23.4 Å². The molecule has 1 nitrogen and oxygen atoms in total. The van der Waals surface area contributed by atoms with Gasteiger partial charge in [-0.05, 0) is 18.2 Å². The van der Waals surface area contributed by atoms with E-state index in [9.17, 15) is 8.78 Å². The van der Waals surface area contributed by atoms with Crippen LogP contribution in [-0.4, -0.2) is 17.0 Å². The van der Waals surface area contributed by atoms with Crippen LogP contribution in [0, 0.1) is 11.6 Å². The molecule has 2 rings (SSSR count). The zero-order valence-electron chi connectivity index (χ0n) is 9.17. The molecule has 0 spiro atoms. The highest BCUT2D eigenvalue weighted by molar-refractivity contribution is 8.00. The van der Waals surface area contributed by atoms with Crippen molar-refractivity contribution in [2.45, 2.75) is 31.2 Å². The van der Waals surface area contributed by atoms with Crippen LogP contribution in [-0.2, 0) is 6.54 Å². The highest BCUT2D eigenvalue weighted by Gasteiger charge is 2.23. The molecule has 0 saturated carbocycles. The molecule has 1 fully saturated rings. The lowest BCUT2D eigenvalue weighted by Crippen LogP contribution is -2.33. The largest absolute Gasteiger partial charge is 0.309 e. The topological polar surface area (TPSA) is 12.0 Å². The van der Waals surface area contributed by atoms with Crippen molar-refractivity contribution in [2.24, 2.45) is 0 Å². The summed E-state index contributed by atoms with van der Waals surface area (Å²) in [5, 5.41) is 3.90. The summed E-state index contributed by atoms with van der Waals surface area (Å²) in [5.41, 5.74) is 0.533. The lowest BCUT2D eigenvalue weighted by molar-refractivity contribution is 0.496. The Bertz CT molecular complexity index is 370. The summed E-state index contributed by atoms with van der Waals surface area (Å²) in [4.78, 5) is 0. The van der Waals surface area contributed by atoms with E-state index in [4.69, 9.17) is 0 Å². The van der Waals surface area contributed by atoms with Crippen molar-refractivity contribution in [3.63, 3.8) is 0 Å². The Kier molecular flexibility index (Phi) is 3.82. The van der Waals surface area contributed by atoms with Crippen molar-refractivity contribution in [1.29, 1.82) is 0 Å². The van der Waals surface area contributed by atoms with Gasteiger partial charge < -0.3 is 5.32 Å². The fourth-order valence-corrected chi connectivity index (χ4v) is 3.13. The van der Waals surface area contributed by atoms with E-state index in [-0.39, 0.29) is 0 Å². The van der Waals surface area contributed by atoms with Gasteiger partial charge in [0, 0.05) is 29.5 Å². The summed E-state index contributed by atoms with van der Waals surface area (Å²) in [7, 11) is 0. The van der Waals surface area contributed by atoms with E-state index >= 15 is 0 Å². The molecule has 88 valence electrons. The van der Waals surface area contributed by atoms with Crippen LogP contribution in [0.5, 0.6) is 0 Å². The molecule has 0 bridgehead atoms. The number of hydrogen-bond donors (Lipinski definition) is 1. The average molecular weight is 243 g/mol. The predicted molar refractivity (Wildman–Crippen MR) is 63.5 cm³/mol. The van der Waals surface area contributed by atoms with Gasteiger partial charge in [-0.1, -0.05) is 13.0 Å². The fourth-order valence-electron chi connectivity index (χ4n) is 1.91. The van der Waals surface area contributed by atoms with E-state index in [2.05, 4.69) is 12.2 Å². The second-order valence-electron chi connectivity index (χ2n) is 4.09. The highest BCUT2D eigenvalue weighted by atomic mass is 32.2. The minimum Gasteiger partial charge on any atom is -0.309 e. The quantitative estimate of drug-likeness (QED) is 0.876. The first-order valence-corrected chi connectivity index (χ1v) is 6.50. The molecular formula is C12H15F2NS. The van der Waals surface area contributed by atoms with Crippen molar-refractivity contribution >= 4 is 11.8 Å². The Morgan fingerprint density at radius 2 is 2.25 bits per heavy atom. The Labute approximate surface area is 98.6 Å². The standard InChI is InChI=1S/C12H15F2NS/c1-8-12(4-5-16-8)15-7-9-2-3-10(13)6-11(9)14/h2-3,6,8,12,15H,4-5,7H2,1H3. The molecule has 0 amide bonds. The Morgan fingerprint density at radius 3 is 2.88 bits per heavy atom. The van der Waals surface area contributed by atoms with Crippen molar-refractivity contribution in [3.05, 3.63) is 35.4 Å². The van der Waals surface area contributed by atoms with Crippen LogP contribution in [0.2, 0.25) is 0 Å². The first-order chi connectivity index (χ1) is 7.66. The van der Waals surface area contributed by atoms with Gasteiger partial charge in [0.25, 0.3) is 0 Å². The minimum absolute atomic E-state index is 0.439. The van der Waals surface area contributed by atoms with Crippen LogP contribution >= 0.6 is 11.8 Å². The van der Waals surface area contributed by atoms with Crippen LogP contribution in [0.1, 0.15) is 18.9 Å². The molecule has 2 atom stereocenters. The van der Waals surface area contributed by atoms with Gasteiger partial charge in [-0.15, -0.1) is 0 Å². The van der Waals surface area contributed by atoms with Crippen molar-refractivity contribution in [1.82, 2.24) is 5.32 Å². The summed E-state index contributed by atoms with van der Waals surface area (Å²) in [5.74, 6) is 0.168. The lowest BCUT2D eigenvalue weighted by atomic mass is 10.1. The maximum absolute atomic E-state index is 13.3. The maximum Gasteiger partial charge on any atom is 0.130 e. The number of thioether (sulfide) groups is 1. The molecule has 1 aliphatic heterocycles. The van der Waals surface area contributed by atoms with Crippen LogP contribution in [0.15, 0.2) is 18.2 Å². The van der Waals surface area contributed by atoms with Crippen molar-refractivity contribution in [2.75, 3.05) is 5.75 Å². The van der Waals surface area contributed by atoms with Crippen LogP contribution in [0.3, 0.4) is 0 Å². The van der Waals surface area contributed by atoms with E-state index in [1.165, 1.54) is 12.1 Å². The summed E-state index contributed by atoms with van der Waals surface area (Å²) in [6, 6.07) is 4.18. The smallest absolute Gasteiger partial charge is 0.130 e. The number of rotatable bonds is 3. The van der Waals surface area contributed by atoms with E-state index < -0.39 is 11.6 Å². The van der Waals surface area contributed by atoms with E-state index in [1.807, 2.05) is 11.8 Å². The normalized spacial score (nSPS) is 24.9. The van der Waals surface area contributed by atoms with Gasteiger partial charge in [0.1, 0.15) is 11.6 Å². The van der Waals surface area contributed by atoms with E-state index in [0.717, 1.165) is 18.2 Å². The monoisotopic (exact) mass is 243 g/mol. The van der Waals surface area contributed by atoms with Gasteiger partial charge in [-0.3, -0.25) is 0 Å². The van der Waals surface area contributed by atoms with Gasteiger partial charge in [0.05, 0.1) is 0 Å². The average Bonchev–Trinajstić information content (AvgIpc) is 2.63. The third kappa shape index (κ3) is 2.74. The van der Waals surface area contributed by atoms with Crippen LogP contribution < -0.4 is 5.32 Å². The van der Waals surface area contributed by atoms with Crippen LogP contribution in [0.25, 0.3) is 0 Å². The molecule has 1 aromatic carbocycles. The van der Waals surface area contributed by atoms with Crippen LogP contribution in [0.4, 0.5) is 8.78 Å². The molecule has 2 unspecified atom stereocenters. The third-order valence-electron chi connectivity index (χ3n) is 2.95. The van der Waals surface area contributed by atoms with Gasteiger partial charge in [0.15, 0.2) is 0 Å². The highest BCUT2D eigenvalue weighted by Crippen LogP contribution is 2.26. The first-order valence-electron chi connectivity index (χ1n) is 5.46.